The molecule has 47 heavy (non-hydrogen) atoms. The van der Waals surface area contributed by atoms with Crippen molar-refractivity contribution in [3.63, 3.8) is 0 Å². The summed E-state index contributed by atoms with van der Waals surface area (Å²) < 4.78 is 33.5. The molecule has 0 fully saturated rings. The zero-order chi connectivity index (χ0) is 34.1. The first-order valence-electron chi connectivity index (χ1n) is 16.5. The SMILES string of the molecule is [2H]C([2H])(c1ccnc(-c2[c-]ccc3c2sc2cc(-c4ccccc4)ccc23)c1)C(C)C.[CH3][Ge]([CH3])([CH3])[c]1ccc(-c2[c-]cc(F)cc2)nc1.[Ir]. The summed E-state index contributed by atoms with van der Waals surface area (Å²) in [4.78, 5) is 9.01. The number of aromatic nitrogens is 2. The number of benzene rings is 4. The third-order valence-electron chi connectivity index (χ3n) is 7.69. The van der Waals surface area contributed by atoms with Gasteiger partial charge in [-0.25, -0.2) is 0 Å². The van der Waals surface area contributed by atoms with Crippen molar-refractivity contribution in [2.45, 2.75) is 37.5 Å². The molecule has 0 atom stereocenters. The van der Waals surface area contributed by atoms with E-state index in [4.69, 9.17) is 2.74 Å². The third-order valence-corrected chi connectivity index (χ3v) is 13.1. The van der Waals surface area contributed by atoms with Crippen LogP contribution in [-0.2, 0) is 26.5 Å². The fourth-order valence-electron chi connectivity index (χ4n) is 5.29. The predicted octanol–water partition coefficient (Wildman–Crippen LogP) is 11.0. The number of halogens is 1. The molecule has 0 aliphatic carbocycles. The summed E-state index contributed by atoms with van der Waals surface area (Å²) in [6.07, 6.45) is 2.25. The van der Waals surface area contributed by atoms with Crippen LogP contribution >= 0.6 is 11.3 Å². The molecule has 4 aromatic carbocycles. The van der Waals surface area contributed by atoms with Crippen molar-refractivity contribution in [2.75, 3.05) is 0 Å². The maximum atomic E-state index is 12.8. The van der Waals surface area contributed by atoms with Crippen molar-refractivity contribution in [1.29, 1.82) is 0 Å². The second kappa shape index (κ2) is 15.2. The summed E-state index contributed by atoms with van der Waals surface area (Å²) in [5.74, 6) is 6.61. The van der Waals surface area contributed by atoms with Gasteiger partial charge < -0.3 is 4.98 Å². The van der Waals surface area contributed by atoms with E-state index in [2.05, 4.69) is 94.0 Å². The molecule has 0 amide bonds. The van der Waals surface area contributed by atoms with Crippen LogP contribution in [0.3, 0.4) is 0 Å². The van der Waals surface area contributed by atoms with Gasteiger partial charge in [-0.15, -0.1) is 23.8 Å². The van der Waals surface area contributed by atoms with Crippen molar-refractivity contribution in [3.05, 3.63) is 139 Å². The van der Waals surface area contributed by atoms with E-state index in [-0.39, 0.29) is 31.8 Å². The second-order valence-electron chi connectivity index (χ2n) is 12.6. The fourth-order valence-corrected chi connectivity index (χ4v) is 8.71. The van der Waals surface area contributed by atoms with Crippen LogP contribution in [0.5, 0.6) is 0 Å². The van der Waals surface area contributed by atoms with Gasteiger partial charge in [-0.3, -0.25) is 0 Å². The second-order valence-corrected chi connectivity index (χ2v) is 24.3. The van der Waals surface area contributed by atoms with Crippen molar-refractivity contribution < 1.29 is 27.2 Å². The van der Waals surface area contributed by atoms with Crippen molar-refractivity contribution in [1.82, 2.24) is 9.97 Å². The van der Waals surface area contributed by atoms with Crippen LogP contribution in [0.1, 0.15) is 22.2 Å². The van der Waals surface area contributed by atoms with E-state index < -0.39 is 19.6 Å². The van der Waals surface area contributed by atoms with Gasteiger partial charge in [-0.2, -0.15) is 11.3 Å². The molecule has 239 valence electrons. The molecule has 0 N–H and O–H groups in total. The van der Waals surface area contributed by atoms with Gasteiger partial charge in [-0.05, 0) is 51.3 Å². The van der Waals surface area contributed by atoms with E-state index in [0.29, 0.717) is 5.56 Å². The summed E-state index contributed by atoms with van der Waals surface area (Å²) in [5, 5.41) is 2.41. The molecule has 2 nitrogen and oxygen atoms in total. The molecular weight excluding hydrogens is 836 g/mol. The molecule has 3 aromatic heterocycles. The predicted molar refractivity (Wildman–Crippen MR) is 197 cm³/mol. The molecule has 0 aliphatic rings. The van der Waals surface area contributed by atoms with Crippen molar-refractivity contribution >= 4 is 49.2 Å². The Morgan fingerprint density at radius 1 is 0.830 bits per heavy atom. The smallest absolute Gasteiger partial charge is 0 e. The summed E-state index contributed by atoms with van der Waals surface area (Å²) in [7, 11) is 0. The van der Waals surface area contributed by atoms with Crippen LogP contribution in [0.2, 0.25) is 17.3 Å². The largest absolute Gasteiger partial charge is 0 e. The minimum absolute atomic E-state index is 0. The van der Waals surface area contributed by atoms with Gasteiger partial charge >= 0.3 is 104 Å². The minimum Gasteiger partial charge on any atom is 0 e. The third kappa shape index (κ3) is 8.34. The first-order chi connectivity index (χ1) is 22.9. The maximum absolute atomic E-state index is 12.8. The number of fused-ring (bicyclic) bond motifs is 3. The Bertz CT molecular complexity index is 2180. The number of pyridine rings is 2. The Hall–Kier alpha value is -3.48. The Labute approximate surface area is 300 Å². The van der Waals surface area contributed by atoms with Gasteiger partial charge in [0, 0.05) is 33.7 Å². The van der Waals surface area contributed by atoms with Gasteiger partial charge in [0.2, 0.25) is 0 Å². The number of hydrogen-bond donors (Lipinski definition) is 0. The summed E-state index contributed by atoms with van der Waals surface area (Å²) in [6.45, 7) is 3.81. The maximum Gasteiger partial charge on any atom is 0 e. The Kier molecular flexibility index (Phi) is 10.4. The topological polar surface area (TPSA) is 25.8 Å². The van der Waals surface area contributed by atoms with Gasteiger partial charge in [0.25, 0.3) is 0 Å². The normalized spacial score (nSPS) is 12.2. The molecule has 0 saturated carbocycles. The molecule has 7 aromatic rings. The van der Waals surface area contributed by atoms with Gasteiger partial charge in [-0.1, -0.05) is 73.3 Å². The molecule has 0 unspecified atom stereocenters. The molecule has 0 aliphatic heterocycles. The van der Waals surface area contributed by atoms with Crippen molar-refractivity contribution in [3.8, 4) is 33.6 Å². The summed E-state index contributed by atoms with van der Waals surface area (Å²) in [6, 6.07) is 39.6. The molecule has 6 heteroatoms. The van der Waals surface area contributed by atoms with Crippen molar-refractivity contribution in [2.24, 2.45) is 5.92 Å². The first kappa shape index (κ1) is 32.1. The van der Waals surface area contributed by atoms with E-state index >= 15 is 0 Å². The fraction of sp³-hybridized carbons (Fsp3) is 0.171. The van der Waals surface area contributed by atoms with Crippen LogP contribution in [0, 0.1) is 23.9 Å². The minimum atomic E-state index is -1.79. The molecule has 1 radical (unpaired) electrons. The monoisotopic (exact) mass is 877 g/mol. The first-order valence-corrected chi connectivity index (χ1v) is 23.6. The van der Waals surface area contributed by atoms with Crippen LogP contribution < -0.4 is 4.40 Å². The number of thiophene rings is 1. The quantitative estimate of drug-likeness (QED) is 0.123. The average Bonchev–Trinajstić information content (AvgIpc) is 3.47. The summed E-state index contributed by atoms with van der Waals surface area (Å²) >= 11 is -0.0402. The van der Waals surface area contributed by atoms with Crippen LogP contribution in [0.4, 0.5) is 4.39 Å². The van der Waals surface area contributed by atoms with E-state index in [9.17, 15) is 4.39 Å². The van der Waals surface area contributed by atoms with Crippen LogP contribution in [-0.4, -0.2) is 23.2 Å². The number of rotatable bonds is 6. The number of nitrogens with zero attached hydrogens (tertiary/aromatic N) is 2. The average molecular weight is 876 g/mol. The number of hydrogen-bond acceptors (Lipinski definition) is 3. The van der Waals surface area contributed by atoms with E-state index in [1.807, 2.05) is 44.3 Å². The van der Waals surface area contributed by atoms with E-state index in [1.165, 1.54) is 43.1 Å². The molecule has 0 saturated heterocycles. The molecule has 3 heterocycles. The van der Waals surface area contributed by atoms with E-state index in [0.717, 1.165) is 27.2 Å². The van der Waals surface area contributed by atoms with Gasteiger partial charge in [0.15, 0.2) is 0 Å². The Morgan fingerprint density at radius 3 is 2.32 bits per heavy atom. The van der Waals surface area contributed by atoms with Gasteiger partial charge in [0.05, 0.1) is 0 Å². The van der Waals surface area contributed by atoms with Crippen LogP contribution in [0.25, 0.3) is 53.8 Å². The molecule has 0 bridgehead atoms. The summed E-state index contributed by atoms with van der Waals surface area (Å²) in [5.41, 5.74) is 6.45. The van der Waals surface area contributed by atoms with E-state index in [1.54, 1.807) is 29.7 Å². The molecule has 0 spiro atoms. The Balaban J connectivity index is 0.000000221. The van der Waals surface area contributed by atoms with Crippen LogP contribution in [0.15, 0.2) is 116 Å². The molecule has 7 rings (SSSR count). The zero-order valence-corrected chi connectivity index (χ0v) is 32.4. The van der Waals surface area contributed by atoms with Gasteiger partial charge in [0.1, 0.15) is 0 Å². The standard InChI is InChI=1S/C27H22NS.C14H15FGeN.Ir/c1-18(2)15-19-13-14-28-25(16-19)24-10-6-9-23-22-12-11-21(17-26(22)29-27(23)24)20-7-4-3-5-8-20;1-16(2,3)13-8-9-14(17-10-13)11-4-6-12(15)7-5-11;/h3-9,11-14,16-18H,15H2,1-2H3;4,6-10H,1-3H3;/q2*-1;/i15D2;;. The Morgan fingerprint density at radius 2 is 1.64 bits per heavy atom. The zero-order valence-electron chi connectivity index (χ0n) is 29.1. The molecular formula is C41H37FGeIrN2S-2.